The molecule has 0 unspecified atom stereocenters. The van der Waals surface area contributed by atoms with Gasteiger partial charge in [-0.25, -0.2) is 8.78 Å². The lowest BCUT2D eigenvalue weighted by Gasteiger charge is -2.12. The van der Waals surface area contributed by atoms with Crippen molar-refractivity contribution in [3.63, 3.8) is 0 Å². The van der Waals surface area contributed by atoms with Crippen molar-refractivity contribution in [2.75, 3.05) is 0 Å². The zero-order valence-electron chi connectivity index (χ0n) is 9.36. The molecule has 88 valence electrons. The third-order valence-electron chi connectivity index (χ3n) is 2.32. The number of alkyl halides is 2. The van der Waals surface area contributed by atoms with Crippen LogP contribution in [0, 0.1) is 0 Å². The van der Waals surface area contributed by atoms with E-state index in [2.05, 4.69) is 0 Å². The second kappa shape index (κ2) is 4.53. The van der Waals surface area contributed by atoms with Gasteiger partial charge in [0.2, 0.25) is 0 Å². The van der Waals surface area contributed by atoms with E-state index in [0.29, 0.717) is 11.5 Å². The molecule has 0 aromatic heterocycles. The van der Waals surface area contributed by atoms with E-state index in [1.54, 1.807) is 24.3 Å². The molecule has 0 fully saturated rings. The molecule has 17 heavy (non-hydrogen) atoms. The normalized spacial score (nSPS) is 11.2. The predicted octanol–water partition coefficient (Wildman–Crippen LogP) is 4.59. The second-order valence-corrected chi connectivity index (χ2v) is 3.83. The van der Waals surface area contributed by atoms with Crippen molar-refractivity contribution in [2.24, 2.45) is 0 Å². The van der Waals surface area contributed by atoms with E-state index in [-0.39, 0.29) is 5.56 Å². The van der Waals surface area contributed by atoms with Crippen LogP contribution in [0.3, 0.4) is 0 Å². The van der Waals surface area contributed by atoms with Gasteiger partial charge in [-0.3, -0.25) is 0 Å². The van der Waals surface area contributed by atoms with Crippen LogP contribution in [0.2, 0.25) is 0 Å². The summed E-state index contributed by atoms with van der Waals surface area (Å²) in [5, 5.41) is 0. The first-order valence-corrected chi connectivity index (χ1v) is 5.27. The number of hydrogen-bond acceptors (Lipinski definition) is 1. The van der Waals surface area contributed by atoms with Crippen LogP contribution in [-0.4, -0.2) is 0 Å². The van der Waals surface area contributed by atoms with Gasteiger partial charge in [-0.2, -0.15) is 0 Å². The van der Waals surface area contributed by atoms with Crippen molar-refractivity contribution in [2.45, 2.75) is 12.8 Å². The first-order valence-electron chi connectivity index (χ1n) is 5.27. The number of hydrogen-bond donors (Lipinski definition) is 0. The molecule has 0 aliphatic heterocycles. The van der Waals surface area contributed by atoms with Gasteiger partial charge < -0.3 is 4.74 Å². The highest BCUT2D eigenvalue weighted by atomic mass is 19.3. The topological polar surface area (TPSA) is 9.23 Å². The minimum Gasteiger partial charge on any atom is -0.457 e. The van der Waals surface area contributed by atoms with Gasteiger partial charge in [0.15, 0.2) is 0 Å². The maximum absolute atomic E-state index is 13.1. The number of ether oxygens (including phenoxy) is 1. The van der Waals surface area contributed by atoms with Crippen LogP contribution in [0.25, 0.3) is 0 Å². The van der Waals surface area contributed by atoms with E-state index in [9.17, 15) is 8.78 Å². The Kier molecular flexibility index (Phi) is 3.09. The van der Waals surface area contributed by atoms with Crippen molar-refractivity contribution < 1.29 is 13.5 Å². The first kappa shape index (κ1) is 11.6. The van der Waals surface area contributed by atoms with Crippen molar-refractivity contribution in [3.8, 4) is 11.5 Å². The Labute approximate surface area is 98.7 Å². The van der Waals surface area contributed by atoms with Crippen molar-refractivity contribution in [1.82, 2.24) is 0 Å². The Hall–Kier alpha value is -1.90. The molecule has 0 N–H and O–H groups in total. The first-order chi connectivity index (χ1) is 8.05. The second-order valence-electron chi connectivity index (χ2n) is 3.83. The zero-order valence-corrected chi connectivity index (χ0v) is 9.36. The molecule has 0 aliphatic rings. The minimum atomic E-state index is -2.85. The van der Waals surface area contributed by atoms with E-state index >= 15 is 0 Å². The molecule has 2 rings (SSSR count). The third kappa shape index (κ3) is 3.03. The molecule has 0 saturated carbocycles. The van der Waals surface area contributed by atoms with Gasteiger partial charge in [0.1, 0.15) is 11.5 Å². The molecule has 2 aromatic carbocycles. The molecule has 0 aliphatic carbocycles. The lowest BCUT2D eigenvalue weighted by Crippen LogP contribution is -2.06. The highest BCUT2D eigenvalue weighted by Crippen LogP contribution is 2.30. The van der Waals surface area contributed by atoms with Gasteiger partial charge >= 0.3 is 0 Å². The summed E-state index contributed by atoms with van der Waals surface area (Å²) in [4.78, 5) is 0. The Morgan fingerprint density at radius 3 is 2.18 bits per heavy atom. The molecule has 1 nitrogen and oxygen atoms in total. The largest absolute Gasteiger partial charge is 0.457 e. The summed E-state index contributed by atoms with van der Waals surface area (Å²) in [5.74, 6) is -1.81. The highest BCUT2D eigenvalue weighted by Gasteiger charge is 2.24. The average molecular weight is 234 g/mol. The number of para-hydroxylation sites is 1. The Morgan fingerprint density at radius 1 is 0.882 bits per heavy atom. The summed E-state index contributed by atoms with van der Waals surface area (Å²) in [5.41, 5.74) is -0.0501. The molecule has 0 amide bonds. The standard InChI is InChI=1S/C14H12F2O/c1-14(15,16)11-6-5-9-13(10-11)17-12-7-3-2-4-8-12/h2-10H,1H3. The van der Waals surface area contributed by atoms with Crippen molar-refractivity contribution in [1.29, 1.82) is 0 Å². The minimum absolute atomic E-state index is 0.0501. The maximum Gasteiger partial charge on any atom is 0.270 e. The Morgan fingerprint density at radius 2 is 1.53 bits per heavy atom. The molecule has 0 bridgehead atoms. The van der Waals surface area contributed by atoms with E-state index in [1.165, 1.54) is 12.1 Å². The molecule has 0 spiro atoms. The number of benzene rings is 2. The van der Waals surface area contributed by atoms with Gasteiger partial charge in [-0.05, 0) is 24.3 Å². The van der Waals surface area contributed by atoms with Crippen LogP contribution in [0.1, 0.15) is 12.5 Å². The lowest BCUT2D eigenvalue weighted by atomic mass is 10.1. The predicted molar refractivity (Wildman–Crippen MR) is 62.5 cm³/mol. The van der Waals surface area contributed by atoms with Crippen molar-refractivity contribution >= 4 is 0 Å². The lowest BCUT2D eigenvalue weighted by molar-refractivity contribution is 0.0173. The van der Waals surface area contributed by atoms with Crippen LogP contribution >= 0.6 is 0 Å². The Balaban J connectivity index is 2.23. The summed E-state index contributed by atoms with van der Waals surface area (Å²) in [6.45, 7) is 0.870. The molecule has 0 heterocycles. The smallest absolute Gasteiger partial charge is 0.270 e. The molecule has 0 radical (unpaired) electrons. The van der Waals surface area contributed by atoms with Crippen LogP contribution < -0.4 is 4.74 Å². The summed E-state index contributed by atoms with van der Waals surface area (Å²) in [6.07, 6.45) is 0. The molecular weight excluding hydrogens is 222 g/mol. The van der Waals surface area contributed by atoms with E-state index in [1.807, 2.05) is 18.2 Å². The van der Waals surface area contributed by atoms with E-state index in [4.69, 9.17) is 4.74 Å². The van der Waals surface area contributed by atoms with Crippen LogP contribution in [0.15, 0.2) is 54.6 Å². The van der Waals surface area contributed by atoms with Gasteiger partial charge in [-0.15, -0.1) is 0 Å². The fourth-order valence-electron chi connectivity index (χ4n) is 1.46. The van der Waals surface area contributed by atoms with E-state index in [0.717, 1.165) is 6.92 Å². The van der Waals surface area contributed by atoms with Crippen LogP contribution in [-0.2, 0) is 5.92 Å². The highest BCUT2D eigenvalue weighted by molar-refractivity contribution is 5.35. The molecule has 2 aromatic rings. The zero-order chi connectivity index (χ0) is 12.3. The monoisotopic (exact) mass is 234 g/mol. The fourth-order valence-corrected chi connectivity index (χ4v) is 1.46. The number of halogens is 2. The maximum atomic E-state index is 13.1. The summed E-state index contributed by atoms with van der Waals surface area (Å²) in [7, 11) is 0. The van der Waals surface area contributed by atoms with Gasteiger partial charge in [0.25, 0.3) is 5.92 Å². The van der Waals surface area contributed by atoms with Gasteiger partial charge in [-0.1, -0.05) is 30.3 Å². The molecular formula is C14H12F2O. The third-order valence-corrected chi connectivity index (χ3v) is 2.32. The average Bonchev–Trinajstić information content (AvgIpc) is 2.29. The Bertz CT molecular complexity index is 489. The number of rotatable bonds is 3. The summed E-state index contributed by atoms with van der Waals surface area (Å²) in [6, 6.07) is 15.0. The van der Waals surface area contributed by atoms with Crippen LogP contribution in [0.4, 0.5) is 8.78 Å². The fraction of sp³-hybridized carbons (Fsp3) is 0.143. The van der Waals surface area contributed by atoms with Gasteiger partial charge in [0.05, 0.1) is 0 Å². The van der Waals surface area contributed by atoms with Crippen LogP contribution in [0.5, 0.6) is 11.5 Å². The molecule has 3 heteroatoms. The van der Waals surface area contributed by atoms with E-state index < -0.39 is 5.92 Å². The summed E-state index contributed by atoms with van der Waals surface area (Å²) < 4.78 is 31.7. The quantitative estimate of drug-likeness (QED) is 0.754. The summed E-state index contributed by atoms with van der Waals surface area (Å²) >= 11 is 0. The van der Waals surface area contributed by atoms with Gasteiger partial charge in [0, 0.05) is 12.5 Å². The molecule has 0 atom stereocenters. The SMILES string of the molecule is CC(F)(F)c1cccc(Oc2ccccc2)c1. The van der Waals surface area contributed by atoms with Crippen molar-refractivity contribution in [3.05, 3.63) is 60.2 Å². The molecule has 0 saturated heterocycles.